The van der Waals surface area contributed by atoms with Crippen LogP contribution in [0.1, 0.15) is 32.6 Å². The number of nitrogens with zero attached hydrogens (tertiary/aromatic N) is 1. The van der Waals surface area contributed by atoms with Crippen LogP contribution in [0.15, 0.2) is 22.5 Å². The van der Waals surface area contributed by atoms with E-state index in [1.807, 2.05) is 0 Å². The number of sulfone groups is 1. The molecule has 1 atom stereocenters. The van der Waals surface area contributed by atoms with Gasteiger partial charge in [-0.05, 0) is 44.6 Å². The molecule has 1 unspecified atom stereocenters. The minimum Gasteiger partial charge on any atom is -0.356 e. The summed E-state index contributed by atoms with van der Waals surface area (Å²) in [4.78, 5) is 5.51. The molecule has 8 heteroatoms. The second kappa shape index (κ2) is 10.6. The largest absolute Gasteiger partial charge is 0.356 e. The Morgan fingerprint density at radius 3 is 2.50 bits per heavy atom. The first kappa shape index (κ1) is 23.6. The molecule has 0 bridgehead atoms. The lowest BCUT2D eigenvalue weighted by molar-refractivity contribution is 0.555. The minimum absolute atomic E-state index is 0. The Labute approximate surface area is 167 Å². The zero-order valence-corrected chi connectivity index (χ0v) is 19.1. The maximum absolute atomic E-state index is 12.1. The topological polar surface area (TPSA) is 70.6 Å². The summed E-state index contributed by atoms with van der Waals surface area (Å²) in [7, 11) is -1.42. The molecule has 0 spiro atoms. The maximum atomic E-state index is 12.1. The molecule has 0 radical (unpaired) electrons. The van der Waals surface area contributed by atoms with Gasteiger partial charge in [0.1, 0.15) is 0 Å². The van der Waals surface area contributed by atoms with Crippen molar-refractivity contribution in [3.8, 4) is 0 Å². The van der Waals surface area contributed by atoms with E-state index in [1.165, 1.54) is 4.88 Å². The van der Waals surface area contributed by atoms with Crippen LogP contribution in [0.25, 0.3) is 0 Å². The van der Waals surface area contributed by atoms with E-state index in [0.717, 1.165) is 13.0 Å². The molecule has 0 fully saturated rings. The van der Waals surface area contributed by atoms with Gasteiger partial charge in [-0.1, -0.05) is 13.0 Å². The minimum atomic E-state index is -3.11. The van der Waals surface area contributed by atoms with Gasteiger partial charge in [-0.15, -0.1) is 35.3 Å². The molecule has 0 aromatic carbocycles. The van der Waals surface area contributed by atoms with Crippen LogP contribution in [0, 0.1) is 5.92 Å². The summed E-state index contributed by atoms with van der Waals surface area (Å²) in [5, 5.41) is 8.42. The zero-order valence-electron chi connectivity index (χ0n) is 15.1. The summed E-state index contributed by atoms with van der Waals surface area (Å²) in [6.07, 6.45) is 1.03. The van der Waals surface area contributed by atoms with Crippen LogP contribution >= 0.6 is 35.3 Å². The van der Waals surface area contributed by atoms with E-state index in [0.29, 0.717) is 18.4 Å². The number of nitrogens with one attached hydrogen (secondary N) is 2. The molecular weight excluding hydrogens is 457 g/mol. The fourth-order valence-corrected chi connectivity index (χ4v) is 3.80. The van der Waals surface area contributed by atoms with Gasteiger partial charge in [-0.25, -0.2) is 8.42 Å². The highest BCUT2D eigenvalue weighted by molar-refractivity contribution is 14.0. The predicted molar refractivity (Wildman–Crippen MR) is 116 cm³/mol. The van der Waals surface area contributed by atoms with Gasteiger partial charge >= 0.3 is 0 Å². The summed E-state index contributed by atoms with van der Waals surface area (Å²) in [5.41, 5.74) is 0. The second-order valence-corrected chi connectivity index (χ2v) is 10.6. The van der Waals surface area contributed by atoms with E-state index in [9.17, 15) is 8.42 Å². The molecule has 1 aromatic heterocycles. The standard InChI is InChI=1S/C16H29N3O2S2.HI/c1-13(11-14-7-6-9-22-14)12-19-15(17-5)18-8-10-23(20,21)16(2,3)4;/h6-7,9,13H,8,10-12H2,1-5H3,(H2,17,18,19);1H. The highest BCUT2D eigenvalue weighted by Gasteiger charge is 2.28. The Bertz CT molecular complexity index is 593. The van der Waals surface area contributed by atoms with Crippen LogP contribution in [-0.4, -0.2) is 45.0 Å². The molecule has 24 heavy (non-hydrogen) atoms. The number of hydrogen-bond acceptors (Lipinski definition) is 4. The smallest absolute Gasteiger partial charge is 0.191 e. The van der Waals surface area contributed by atoms with Gasteiger partial charge in [-0.3, -0.25) is 4.99 Å². The molecule has 0 aliphatic rings. The molecule has 1 rings (SSSR count). The highest BCUT2D eigenvalue weighted by atomic mass is 127. The Kier molecular flexibility index (Phi) is 10.4. The van der Waals surface area contributed by atoms with Gasteiger partial charge in [0.2, 0.25) is 0 Å². The molecule has 0 amide bonds. The lowest BCUT2D eigenvalue weighted by Gasteiger charge is -2.20. The lowest BCUT2D eigenvalue weighted by Crippen LogP contribution is -2.43. The van der Waals surface area contributed by atoms with E-state index < -0.39 is 14.6 Å². The van der Waals surface area contributed by atoms with E-state index in [4.69, 9.17) is 0 Å². The molecule has 0 saturated carbocycles. The van der Waals surface area contributed by atoms with Crippen molar-refractivity contribution in [2.24, 2.45) is 10.9 Å². The van der Waals surface area contributed by atoms with Crippen molar-refractivity contribution in [1.82, 2.24) is 10.6 Å². The summed E-state index contributed by atoms with van der Waals surface area (Å²) in [6, 6.07) is 4.21. The third-order valence-corrected chi connectivity index (χ3v) is 7.07. The second-order valence-electron chi connectivity index (χ2n) is 6.70. The molecule has 0 aliphatic heterocycles. The molecule has 0 saturated heterocycles. The summed E-state index contributed by atoms with van der Waals surface area (Å²) in [6.45, 7) is 8.51. The van der Waals surface area contributed by atoms with E-state index in [2.05, 4.69) is 40.1 Å². The van der Waals surface area contributed by atoms with Gasteiger partial charge in [0.05, 0.1) is 10.5 Å². The summed E-state index contributed by atoms with van der Waals surface area (Å²) in [5.74, 6) is 1.22. The van der Waals surface area contributed by atoms with Crippen LogP contribution in [-0.2, 0) is 16.3 Å². The monoisotopic (exact) mass is 487 g/mol. The number of guanidine groups is 1. The van der Waals surface area contributed by atoms with Gasteiger partial charge in [0, 0.05) is 25.0 Å². The van der Waals surface area contributed by atoms with Gasteiger partial charge in [0.15, 0.2) is 15.8 Å². The van der Waals surface area contributed by atoms with Crippen LogP contribution < -0.4 is 10.6 Å². The number of aliphatic imine (C=N–C) groups is 1. The van der Waals surface area contributed by atoms with Crippen LogP contribution in [0.2, 0.25) is 0 Å². The van der Waals surface area contributed by atoms with Crippen LogP contribution in [0.4, 0.5) is 0 Å². The average molecular weight is 487 g/mol. The molecule has 0 aliphatic carbocycles. The zero-order chi connectivity index (χ0) is 17.5. The third-order valence-electron chi connectivity index (χ3n) is 3.57. The van der Waals surface area contributed by atoms with Crippen molar-refractivity contribution in [3.05, 3.63) is 22.4 Å². The number of halogens is 1. The number of hydrogen-bond donors (Lipinski definition) is 2. The number of rotatable bonds is 7. The Balaban J connectivity index is 0.00000529. The van der Waals surface area contributed by atoms with Crippen LogP contribution in [0.3, 0.4) is 0 Å². The highest BCUT2D eigenvalue weighted by Crippen LogP contribution is 2.15. The van der Waals surface area contributed by atoms with Gasteiger partial charge in [0.25, 0.3) is 0 Å². The normalized spacial score (nSPS) is 14.0. The molecular formula is C16H30IN3O2S2. The molecule has 140 valence electrons. The third kappa shape index (κ3) is 8.15. The van der Waals surface area contributed by atoms with Gasteiger partial charge < -0.3 is 10.6 Å². The van der Waals surface area contributed by atoms with E-state index in [1.54, 1.807) is 39.2 Å². The van der Waals surface area contributed by atoms with Crippen molar-refractivity contribution < 1.29 is 8.42 Å². The average Bonchev–Trinajstić information content (AvgIpc) is 2.94. The first-order valence-corrected chi connectivity index (χ1v) is 10.4. The summed E-state index contributed by atoms with van der Waals surface area (Å²) < 4.78 is 23.4. The molecule has 2 N–H and O–H groups in total. The first-order chi connectivity index (χ1) is 10.7. The fourth-order valence-electron chi connectivity index (χ4n) is 1.95. The van der Waals surface area contributed by atoms with E-state index in [-0.39, 0.29) is 29.7 Å². The number of thiophene rings is 1. The van der Waals surface area contributed by atoms with Crippen molar-refractivity contribution in [2.45, 2.75) is 38.9 Å². The molecule has 1 aromatic rings. The van der Waals surface area contributed by atoms with Crippen LogP contribution in [0.5, 0.6) is 0 Å². The first-order valence-electron chi connectivity index (χ1n) is 7.85. The Morgan fingerprint density at radius 2 is 2.00 bits per heavy atom. The maximum Gasteiger partial charge on any atom is 0.191 e. The quantitative estimate of drug-likeness (QED) is 0.353. The SMILES string of the molecule is CN=C(NCCS(=O)(=O)C(C)(C)C)NCC(C)Cc1cccs1.I. The van der Waals surface area contributed by atoms with Crippen molar-refractivity contribution in [3.63, 3.8) is 0 Å². The fraction of sp³-hybridized carbons (Fsp3) is 0.688. The molecule has 5 nitrogen and oxygen atoms in total. The Hall–Kier alpha value is -0.350. The lowest BCUT2D eigenvalue weighted by atomic mass is 10.1. The van der Waals surface area contributed by atoms with Crippen molar-refractivity contribution >= 4 is 51.1 Å². The Morgan fingerprint density at radius 1 is 1.33 bits per heavy atom. The van der Waals surface area contributed by atoms with E-state index >= 15 is 0 Å². The van der Waals surface area contributed by atoms with Crippen molar-refractivity contribution in [2.75, 3.05) is 25.9 Å². The predicted octanol–water partition coefficient (Wildman–Crippen LogP) is 2.92. The van der Waals surface area contributed by atoms with Crippen molar-refractivity contribution in [1.29, 1.82) is 0 Å². The summed E-state index contributed by atoms with van der Waals surface area (Å²) >= 11 is 1.77. The van der Waals surface area contributed by atoms with Gasteiger partial charge in [-0.2, -0.15) is 0 Å². The molecule has 1 heterocycles.